The van der Waals surface area contributed by atoms with Crippen molar-refractivity contribution in [2.75, 3.05) is 6.54 Å². The second-order valence-electron chi connectivity index (χ2n) is 5.92. The average Bonchev–Trinajstić information content (AvgIpc) is 2.45. The molecule has 0 bridgehead atoms. The maximum absolute atomic E-state index is 4.30. The van der Waals surface area contributed by atoms with Gasteiger partial charge in [0.05, 0.1) is 0 Å². The Morgan fingerprint density at radius 3 is 2.79 bits per heavy atom. The van der Waals surface area contributed by atoms with Gasteiger partial charge in [0.2, 0.25) is 0 Å². The lowest BCUT2D eigenvalue weighted by Crippen LogP contribution is -2.23. The van der Waals surface area contributed by atoms with Crippen LogP contribution in [0.25, 0.3) is 0 Å². The van der Waals surface area contributed by atoms with E-state index in [4.69, 9.17) is 0 Å². The molecule has 106 valence electrons. The Bertz CT molecular complexity index is 369. The summed E-state index contributed by atoms with van der Waals surface area (Å²) >= 11 is 0. The molecule has 0 saturated heterocycles. The van der Waals surface area contributed by atoms with Crippen LogP contribution in [-0.2, 0) is 0 Å². The van der Waals surface area contributed by atoms with Crippen molar-refractivity contribution in [3.8, 4) is 0 Å². The summed E-state index contributed by atoms with van der Waals surface area (Å²) in [5.41, 5.74) is 2.75. The van der Waals surface area contributed by atoms with Gasteiger partial charge in [0.25, 0.3) is 0 Å². The van der Waals surface area contributed by atoms with Crippen molar-refractivity contribution in [2.24, 2.45) is 5.92 Å². The van der Waals surface area contributed by atoms with Gasteiger partial charge < -0.3 is 5.32 Å². The minimum Gasteiger partial charge on any atom is -0.310 e. The molecule has 1 unspecified atom stereocenters. The number of aryl methyl sites for hydroxylation is 1. The average molecular weight is 260 g/mol. The van der Waals surface area contributed by atoms with Crippen LogP contribution in [0.1, 0.15) is 69.0 Å². The zero-order valence-electron chi connectivity index (χ0n) is 12.5. The summed E-state index contributed by atoms with van der Waals surface area (Å²) in [6.45, 7) is 5.42. The zero-order chi connectivity index (χ0) is 13.5. The summed E-state index contributed by atoms with van der Waals surface area (Å²) in [4.78, 5) is 4.30. The van der Waals surface area contributed by atoms with E-state index < -0.39 is 0 Å². The number of aromatic nitrogens is 1. The molecule has 1 heterocycles. The van der Waals surface area contributed by atoms with Gasteiger partial charge in [-0.3, -0.25) is 4.98 Å². The van der Waals surface area contributed by atoms with Crippen LogP contribution in [0.15, 0.2) is 18.5 Å². The van der Waals surface area contributed by atoms with E-state index in [1.807, 2.05) is 12.4 Å². The van der Waals surface area contributed by atoms with Crippen LogP contribution in [0.4, 0.5) is 0 Å². The van der Waals surface area contributed by atoms with E-state index in [2.05, 4.69) is 30.2 Å². The van der Waals surface area contributed by atoms with Gasteiger partial charge in [-0.05, 0) is 49.4 Å². The van der Waals surface area contributed by atoms with Gasteiger partial charge in [0.15, 0.2) is 0 Å². The highest BCUT2D eigenvalue weighted by molar-refractivity contribution is 5.25. The first-order valence-corrected chi connectivity index (χ1v) is 7.95. The molecular weight excluding hydrogens is 232 g/mol. The molecule has 1 saturated carbocycles. The maximum atomic E-state index is 4.30. The molecule has 1 aliphatic carbocycles. The Morgan fingerprint density at radius 1 is 1.32 bits per heavy atom. The van der Waals surface area contributed by atoms with Crippen LogP contribution >= 0.6 is 0 Å². The number of nitrogens with zero attached hydrogens (tertiary/aromatic N) is 1. The van der Waals surface area contributed by atoms with Gasteiger partial charge >= 0.3 is 0 Å². The molecule has 1 N–H and O–H groups in total. The van der Waals surface area contributed by atoms with E-state index in [1.165, 1.54) is 56.1 Å². The number of hydrogen-bond donors (Lipinski definition) is 1. The van der Waals surface area contributed by atoms with Gasteiger partial charge in [-0.25, -0.2) is 0 Å². The van der Waals surface area contributed by atoms with Crippen LogP contribution in [0.3, 0.4) is 0 Å². The molecule has 1 aromatic heterocycles. The minimum absolute atomic E-state index is 0.487. The SMILES string of the molecule is CCNC(CCC1CCCCC1)c1cnccc1C. The minimum atomic E-state index is 0.487. The number of hydrogen-bond acceptors (Lipinski definition) is 2. The van der Waals surface area contributed by atoms with Crippen molar-refractivity contribution in [3.05, 3.63) is 29.6 Å². The lowest BCUT2D eigenvalue weighted by Gasteiger charge is -2.25. The quantitative estimate of drug-likeness (QED) is 0.820. The van der Waals surface area contributed by atoms with Crippen LogP contribution in [-0.4, -0.2) is 11.5 Å². The lowest BCUT2D eigenvalue weighted by atomic mass is 9.84. The Hall–Kier alpha value is -0.890. The third-order valence-electron chi connectivity index (χ3n) is 4.49. The first-order chi connectivity index (χ1) is 9.31. The standard InChI is InChI=1S/C17H28N2/c1-3-19-17(16-13-18-12-11-14(16)2)10-9-15-7-5-4-6-8-15/h11-13,15,17,19H,3-10H2,1-2H3. The van der Waals surface area contributed by atoms with E-state index in [0.29, 0.717) is 6.04 Å². The van der Waals surface area contributed by atoms with E-state index in [0.717, 1.165) is 12.5 Å². The molecule has 0 aliphatic heterocycles. The lowest BCUT2D eigenvalue weighted by molar-refractivity contribution is 0.315. The van der Waals surface area contributed by atoms with E-state index >= 15 is 0 Å². The summed E-state index contributed by atoms with van der Waals surface area (Å²) in [5.74, 6) is 0.965. The number of nitrogens with one attached hydrogen (secondary N) is 1. The molecule has 0 aromatic carbocycles. The monoisotopic (exact) mass is 260 g/mol. The van der Waals surface area contributed by atoms with Crippen LogP contribution < -0.4 is 5.32 Å². The highest BCUT2D eigenvalue weighted by Gasteiger charge is 2.18. The Balaban J connectivity index is 1.94. The molecule has 2 nitrogen and oxygen atoms in total. The van der Waals surface area contributed by atoms with E-state index in [1.54, 1.807) is 0 Å². The van der Waals surface area contributed by atoms with Gasteiger partial charge in [0.1, 0.15) is 0 Å². The first kappa shape index (κ1) is 14.5. The van der Waals surface area contributed by atoms with Crippen molar-refractivity contribution in [3.63, 3.8) is 0 Å². The first-order valence-electron chi connectivity index (χ1n) is 7.95. The molecular formula is C17H28N2. The summed E-state index contributed by atoms with van der Waals surface area (Å²) in [7, 11) is 0. The van der Waals surface area contributed by atoms with Gasteiger partial charge in [0, 0.05) is 18.4 Å². The predicted molar refractivity (Wildman–Crippen MR) is 81.2 cm³/mol. The molecule has 1 fully saturated rings. The summed E-state index contributed by atoms with van der Waals surface area (Å²) in [6, 6.07) is 2.61. The molecule has 1 atom stereocenters. The summed E-state index contributed by atoms with van der Waals surface area (Å²) < 4.78 is 0. The topological polar surface area (TPSA) is 24.9 Å². The molecule has 0 spiro atoms. The predicted octanol–water partition coefficient (Wildman–Crippen LogP) is 4.40. The third kappa shape index (κ3) is 4.31. The zero-order valence-corrected chi connectivity index (χ0v) is 12.5. The van der Waals surface area contributed by atoms with Crippen molar-refractivity contribution >= 4 is 0 Å². The molecule has 0 amide bonds. The second kappa shape index (κ2) is 7.64. The molecule has 2 rings (SSSR count). The Kier molecular flexibility index (Phi) is 5.84. The largest absolute Gasteiger partial charge is 0.310 e. The second-order valence-corrected chi connectivity index (χ2v) is 5.92. The molecule has 1 aliphatic rings. The van der Waals surface area contributed by atoms with Crippen LogP contribution in [0, 0.1) is 12.8 Å². The summed E-state index contributed by atoms with van der Waals surface area (Å²) in [5, 5.41) is 3.64. The smallest absolute Gasteiger partial charge is 0.0338 e. The van der Waals surface area contributed by atoms with Gasteiger partial charge in [-0.2, -0.15) is 0 Å². The number of pyridine rings is 1. The van der Waals surface area contributed by atoms with E-state index in [9.17, 15) is 0 Å². The fourth-order valence-electron chi connectivity index (χ4n) is 3.33. The summed E-state index contributed by atoms with van der Waals surface area (Å²) in [6.07, 6.45) is 13.8. The van der Waals surface area contributed by atoms with Crippen molar-refractivity contribution < 1.29 is 0 Å². The molecule has 19 heavy (non-hydrogen) atoms. The van der Waals surface area contributed by atoms with Crippen molar-refractivity contribution in [2.45, 2.75) is 64.8 Å². The van der Waals surface area contributed by atoms with Crippen molar-refractivity contribution in [1.82, 2.24) is 10.3 Å². The van der Waals surface area contributed by atoms with Crippen LogP contribution in [0.5, 0.6) is 0 Å². The fraction of sp³-hybridized carbons (Fsp3) is 0.706. The number of rotatable bonds is 6. The Labute approximate surface area is 118 Å². The fourth-order valence-corrected chi connectivity index (χ4v) is 3.33. The highest BCUT2D eigenvalue weighted by atomic mass is 14.9. The Morgan fingerprint density at radius 2 is 2.11 bits per heavy atom. The normalized spacial score (nSPS) is 18.4. The maximum Gasteiger partial charge on any atom is 0.0338 e. The molecule has 1 aromatic rings. The molecule has 0 radical (unpaired) electrons. The van der Waals surface area contributed by atoms with E-state index in [-0.39, 0.29) is 0 Å². The van der Waals surface area contributed by atoms with Crippen molar-refractivity contribution in [1.29, 1.82) is 0 Å². The third-order valence-corrected chi connectivity index (χ3v) is 4.49. The van der Waals surface area contributed by atoms with Gasteiger partial charge in [-0.15, -0.1) is 0 Å². The highest BCUT2D eigenvalue weighted by Crippen LogP contribution is 2.30. The van der Waals surface area contributed by atoms with Gasteiger partial charge in [-0.1, -0.05) is 39.0 Å². The van der Waals surface area contributed by atoms with Crippen LogP contribution in [0.2, 0.25) is 0 Å². The molecule has 2 heteroatoms.